The Hall–Kier alpha value is -1.69. The second-order valence-electron chi connectivity index (χ2n) is 4.38. The molecule has 0 fully saturated rings. The number of nitrogens with zero attached hydrogens (tertiary/aromatic N) is 1. The Balaban J connectivity index is 2.62. The molecule has 0 saturated carbocycles. The first kappa shape index (κ1) is 15.4. The van der Waals surface area contributed by atoms with Crippen molar-refractivity contribution < 1.29 is 14.3 Å². The summed E-state index contributed by atoms with van der Waals surface area (Å²) in [5.74, 6) is -0.817. The third kappa shape index (κ3) is 4.82. The number of carbonyl (C=O) groups is 2. The average Bonchev–Trinajstić information content (AvgIpc) is 2.78. The lowest BCUT2D eigenvalue weighted by molar-refractivity contribution is -0.145. The second kappa shape index (κ2) is 7.04. The molecule has 19 heavy (non-hydrogen) atoms. The first-order valence-electron chi connectivity index (χ1n) is 5.92. The number of hydrogen-bond donors (Lipinski definition) is 1. The van der Waals surface area contributed by atoms with Crippen molar-refractivity contribution in [3.8, 4) is 0 Å². The normalized spacial score (nSPS) is 12.7. The summed E-state index contributed by atoms with van der Waals surface area (Å²) < 4.78 is 4.65. The summed E-state index contributed by atoms with van der Waals surface area (Å²) in [4.78, 5) is 27.4. The Kier molecular flexibility index (Phi) is 5.69. The van der Waals surface area contributed by atoms with Crippen molar-refractivity contribution in [1.82, 2.24) is 10.3 Å². The summed E-state index contributed by atoms with van der Waals surface area (Å²) in [6.07, 6.45) is 2.99. The van der Waals surface area contributed by atoms with E-state index in [1.807, 2.05) is 26.2 Å². The van der Waals surface area contributed by atoms with Gasteiger partial charge in [-0.3, -0.25) is 4.79 Å². The summed E-state index contributed by atoms with van der Waals surface area (Å²) in [5.41, 5.74) is 0.733. The van der Waals surface area contributed by atoms with Gasteiger partial charge in [-0.05, 0) is 18.9 Å². The van der Waals surface area contributed by atoms with Crippen LogP contribution >= 0.6 is 11.3 Å². The van der Waals surface area contributed by atoms with E-state index in [9.17, 15) is 9.59 Å². The molecule has 1 amide bonds. The Morgan fingerprint density at radius 1 is 1.47 bits per heavy atom. The molecular formula is C13H18N2O3S. The van der Waals surface area contributed by atoms with E-state index >= 15 is 0 Å². The van der Waals surface area contributed by atoms with Crippen molar-refractivity contribution in [2.75, 3.05) is 7.11 Å². The number of hydrogen-bond acceptors (Lipinski definition) is 5. The zero-order valence-electron chi connectivity index (χ0n) is 11.5. The van der Waals surface area contributed by atoms with E-state index in [1.165, 1.54) is 24.5 Å². The number of aryl methyl sites for hydroxylation is 1. The fourth-order valence-electron chi connectivity index (χ4n) is 1.44. The molecule has 1 atom stereocenters. The molecule has 1 aromatic rings. The van der Waals surface area contributed by atoms with Crippen LogP contribution in [-0.2, 0) is 14.3 Å². The van der Waals surface area contributed by atoms with Crippen LogP contribution in [-0.4, -0.2) is 30.0 Å². The fraction of sp³-hybridized carbons (Fsp3) is 0.462. The summed E-state index contributed by atoms with van der Waals surface area (Å²) in [7, 11) is 1.30. The van der Waals surface area contributed by atoms with Crippen LogP contribution in [0.5, 0.6) is 0 Å². The Morgan fingerprint density at radius 2 is 2.16 bits per heavy atom. The van der Waals surface area contributed by atoms with Crippen LogP contribution in [0.1, 0.15) is 24.5 Å². The lowest BCUT2D eigenvalue weighted by Crippen LogP contribution is -2.44. The van der Waals surface area contributed by atoms with Gasteiger partial charge in [0.25, 0.3) is 0 Å². The third-order valence-electron chi connectivity index (χ3n) is 2.46. The van der Waals surface area contributed by atoms with Crippen molar-refractivity contribution in [3.63, 3.8) is 0 Å². The smallest absolute Gasteiger partial charge is 0.328 e. The van der Waals surface area contributed by atoms with E-state index in [0.29, 0.717) is 0 Å². The number of aromatic nitrogens is 1. The van der Waals surface area contributed by atoms with Crippen molar-refractivity contribution in [2.24, 2.45) is 5.92 Å². The molecule has 0 radical (unpaired) electrons. The molecular weight excluding hydrogens is 264 g/mol. The molecule has 5 nitrogen and oxygen atoms in total. The van der Waals surface area contributed by atoms with Crippen molar-refractivity contribution in [3.05, 3.63) is 22.2 Å². The number of esters is 1. The van der Waals surface area contributed by atoms with Crippen LogP contribution < -0.4 is 5.32 Å². The molecule has 1 rings (SSSR count). The minimum absolute atomic E-state index is 0.0358. The fourth-order valence-corrected chi connectivity index (χ4v) is 2.02. The summed E-state index contributed by atoms with van der Waals surface area (Å²) in [6, 6.07) is -0.640. The van der Waals surface area contributed by atoms with Gasteiger partial charge >= 0.3 is 5.97 Å². The van der Waals surface area contributed by atoms with Gasteiger partial charge in [-0.1, -0.05) is 13.8 Å². The highest BCUT2D eigenvalue weighted by molar-refractivity contribution is 7.09. The zero-order valence-corrected chi connectivity index (χ0v) is 12.3. The number of nitrogens with one attached hydrogen (secondary N) is 1. The summed E-state index contributed by atoms with van der Waals surface area (Å²) in [5, 5.41) is 5.42. The lowest BCUT2D eigenvalue weighted by Gasteiger charge is -2.18. The monoisotopic (exact) mass is 282 g/mol. The first-order valence-corrected chi connectivity index (χ1v) is 6.80. The molecule has 1 N–H and O–H groups in total. The van der Waals surface area contributed by atoms with E-state index in [-0.39, 0.29) is 11.8 Å². The predicted molar refractivity (Wildman–Crippen MR) is 74.7 cm³/mol. The maximum atomic E-state index is 11.7. The van der Waals surface area contributed by atoms with Crippen LogP contribution in [0.3, 0.4) is 0 Å². The molecule has 0 aliphatic heterocycles. The average molecular weight is 282 g/mol. The Bertz CT molecular complexity index is 480. The van der Waals surface area contributed by atoms with Gasteiger partial charge in [0.15, 0.2) is 0 Å². The SMILES string of the molecule is COC(=O)[C@@H](NC(=O)/C=C/c1csc(C)n1)C(C)C. The second-order valence-corrected chi connectivity index (χ2v) is 5.44. The van der Waals surface area contributed by atoms with E-state index < -0.39 is 12.0 Å². The molecule has 1 aromatic heterocycles. The Labute approximate surface area is 116 Å². The largest absolute Gasteiger partial charge is 0.467 e. The molecule has 0 unspecified atom stereocenters. The standard InChI is InChI=1S/C13H18N2O3S/c1-8(2)12(13(17)18-4)15-11(16)6-5-10-7-19-9(3)14-10/h5-8,12H,1-4H3,(H,15,16)/b6-5+/t12-/m0/s1. The van der Waals surface area contributed by atoms with Crippen LogP contribution in [0.25, 0.3) is 6.08 Å². The molecule has 0 aliphatic carbocycles. The van der Waals surface area contributed by atoms with Gasteiger partial charge < -0.3 is 10.1 Å². The third-order valence-corrected chi connectivity index (χ3v) is 3.25. The topological polar surface area (TPSA) is 68.3 Å². The van der Waals surface area contributed by atoms with Crippen LogP contribution in [0.4, 0.5) is 0 Å². The summed E-state index contributed by atoms with van der Waals surface area (Å²) in [6.45, 7) is 5.58. The quantitative estimate of drug-likeness (QED) is 0.660. The number of rotatable bonds is 5. The zero-order chi connectivity index (χ0) is 14.4. The maximum absolute atomic E-state index is 11.7. The lowest BCUT2D eigenvalue weighted by atomic mass is 10.0. The van der Waals surface area contributed by atoms with E-state index in [4.69, 9.17) is 0 Å². The van der Waals surface area contributed by atoms with E-state index in [1.54, 1.807) is 6.08 Å². The van der Waals surface area contributed by atoms with Gasteiger partial charge in [-0.2, -0.15) is 0 Å². The van der Waals surface area contributed by atoms with E-state index in [0.717, 1.165) is 10.7 Å². The minimum Gasteiger partial charge on any atom is -0.467 e. The molecule has 1 heterocycles. The summed E-state index contributed by atoms with van der Waals surface area (Å²) >= 11 is 1.52. The molecule has 0 bridgehead atoms. The molecule has 0 saturated heterocycles. The molecule has 0 aliphatic rings. The predicted octanol–water partition coefficient (Wildman–Crippen LogP) is 1.78. The van der Waals surface area contributed by atoms with E-state index in [2.05, 4.69) is 15.0 Å². The highest BCUT2D eigenvalue weighted by Crippen LogP contribution is 2.09. The number of ether oxygens (including phenoxy) is 1. The maximum Gasteiger partial charge on any atom is 0.328 e. The highest BCUT2D eigenvalue weighted by atomic mass is 32.1. The van der Waals surface area contributed by atoms with Gasteiger partial charge in [0.2, 0.25) is 5.91 Å². The number of methoxy groups -OCH3 is 1. The highest BCUT2D eigenvalue weighted by Gasteiger charge is 2.23. The van der Waals surface area contributed by atoms with Gasteiger partial charge in [-0.25, -0.2) is 9.78 Å². The van der Waals surface area contributed by atoms with Crippen LogP contribution in [0, 0.1) is 12.8 Å². The van der Waals surface area contributed by atoms with Crippen molar-refractivity contribution in [2.45, 2.75) is 26.8 Å². The van der Waals surface area contributed by atoms with Crippen molar-refractivity contribution in [1.29, 1.82) is 0 Å². The van der Waals surface area contributed by atoms with Crippen LogP contribution in [0.2, 0.25) is 0 Å². The number of thiazole rings is 1. The van der Waals surface area contributed by atoms with Gasteiger partial charge in [0.05, 0.1) is 17.8 Å². The Morgan fingerprint density at radius 3 is 2.63 bits per heavy atom. The molecule has 6 heteroatoms. The minimum atomic E-state index is -0.640. The van der Waals surface area contributed by atoms with Crippen LogP contribution in [0.15, 0.2) is 11.5 Å². The number of amides is 1. The van der Waals surface area contributed by atoms with Gasteiger partial charge in [0.1, 0.15) is 6.04 Å². The van der Waals surface area contributed by atoms with Crippen molar-refractivity contribution >= 4 is 29.3 Å². The molecule has 0 spiro atoms. The first-order chi connectivity index (χ1) is 8.93. The van der Waals surface area contributed by atoms with Gasteiger partial charge in [-0.15, -0.1) is 11.3 Å². The molecule has 0 aromatic carbocycles. The van der Waals surface area contributed by atoms with Gasteiger partial charge in [0, 0.05) is 11.5 Å². The number of carbonyl (C=O) groups excluding carboxylic acids is 2. The molecule has 104 valence electrons.